The van der Waals surface area contributed by atoms with E-state index in [-0.39, 0.29) is 50.3 Å². The lowest BCUT2D eigenvalue weighted by molar-refractivity contribution is 1.65. The van der Waals surface area contributed by atoms with Gasteiger partial charge in [0.2, 0.25) is 0 Å². The minimum atomic E-state index is -0.573. The molecule has 0 radical (unpaired) electrons. The molecule has 0 unspecified atom stereocenters. The molecule has 0 heterocycles. The molecule has 0 aliphatic heterocycles. The molecule has 0 N–H and O–H groups in total. The van der Waals surface area contributed by atoms with Crippen molar-refractivity contribution in [3.8, 4) is 33.4 Å². The van der Waals surface area contributed by atoms with Gasteiger partial charge in [0.05, 0.1) is 15.1 Å². The van der Waals surface area contributed by atoms with Crippen LogP contribution in [-0.4, -0.2) is 0 Å². The maximum absolute atomic E-state index is 9.27. The van der Waals surface area contributed by atoms with Gasteiger partial charge in [-0.25, -0.2) is 0 Å². The van der Waals surface area contributed by atoms with Crippen LogP contribution in [0.2, 0.25) is 0 Å². The third kappa shape index (κ3) is 3.54. The topological polar surface area (TPSA) is 0 Å². The van der Waals surface area contributed by atoms with E-state index in [0.717, 1.165) is 27.3 Å². The molecule has 0 aliphatic rings. The van der Waals surface area contributed by atoms with Crippen molar-refractivity contribution in [2.75, 3.05) is 0 Å². The first-order chi connectivity index (χ1) is 24.4. The van der Waals surface area contributed by atoms with E-state index in [0.29, 0.717) is 10.9 Å². The Hall–Kier alpha value is -5.20. The molecule has 0 bridgehead atoms. The van der Waals surface area contributed by atoms with Crippen LogP contribution in [0.4, 0.5) is 0 Å². The quantitative estimate of drug-likeness (QED) is 0.204. The van der Waals surface area contributed by atoms with E-state index in [1.807, 2.05) is 66.7 Å². The minimum Gasteiger partial charge on any atom is -0.0622 e. The van der Waals surface area contributed by atoms with Gasteiger partial charge < -0.3 is 0 Å². The van der Waals surface area contributed by atoms with Crippen molar-refractivity contribution < 1.29 is 15.1 Å². The van der Waals surface area contributed by atoms with Crippen molar-refractivity contribution in [2.45, 2.75) is 0 Å². The van der Waals surface area contributed by atoms with Crippen molar-refractivity contribution in [2.24, 2.45) is 0 Å². The van der Waals surface area contributed by atoms with E-state index in [1.165, 1.54) is 12.1 Å². The first-order valence-corrected chi connectivity index (χ1v) is 13.0. The van der Waals surface area contributed by atoms with Gasteiger partial charge in [0, 0.05) is 0 Å². The van der Waals surface area contributed by atoms with Crippen molar-refractivity contribution in [3.05, 3.63) is 157 Å². The number of benzene rings is 8. The Morgan fingerprint density at radius 2 is 0.975 bits per heavy atom. The molecular formula is C40H26. The van der Waals surface area contributed by atoms with Crippen molar-refractivity contribution in [1.29, 1.82) is 0 Å². The van der Waals surface area contributed by atoms with Gasteiger partial charge in [-0.15, -0.1) is 0 Å². The third-order valence-corrected chi connectivity index (χ3v) is 7.47. The van der Waals surface area contributed by atoms with Crippen LogP contribution < -0.4 is 0 Å². The fraction of sp³-hybridized carbons (Fsp3) is 0. The van der Waals surface area contributed by atoms with E-state index < -0.39 is 54.4 Å². The largest absolute Gasteiger partial charge is 0.0629 e. The SMILES string of the molecule is [2H]c1ccc([2H])c(-c2c3c([2H])c([2H])c([2H])c([2H])c3c(-c3cccc4c(-c5ccc6ccccc6c5)cccc34)c3c([2H])c([2H])c([2H])c([2H])c23)c1[2H]. The summed E-state index contributed by atoms with van der Waals surface area (Å²) in [6, 6.07) is 23.2. The monoisotopic (exact) mass is 517 g/mol. The summed E-state index contributed by atoms with van der Waals surface area (Å²) >= 11 is 0. The summed E-state index contributed by atoms with van der Waals surface area (Å²) in [4.78, 5) is 0. The van der Waals surface area contributed by atoms with Crippen LogP contribution in [0.3, 0.4) is 0 Å². The maximum Gasteiger partial charge on any atom is 0.0629 e. The fourth-order valence-corrected chi connectivity index (χ4v) is 5.73. The van der Waals surface area contributed by atoms with Crippen LogP contribution in [0.15, 0.2) is 157 Å². The molecule has 0 atom stereocenters. The van der Waals surface area contributed by atoms with E-state index in [2.05, 4.69) is 6.07 Å². The Morgan fingerprint density at radius 3 is 1.70 bits per heavy atom. The van der Waals surface area contributed by atoms with Crippen LogP contribution in [0, 0.1) is 0 Å². The van der Waals surface area contributed by atoms with Gasteiger partial charge in [0.25, 0.3) is 0 Å². The number of hydrogen-bond acceptors (Lipinski definition) is 0. The summed E-state index contributed by atoms with van der Waals surface area (Å²) in [6.07, 6.45) is 0. The van der Waals surface area contributed by atoms with Gasteiger partial charge in [-0.3, -0.25) is 0 Å². The summed E-state index contributed by atoms with van der Waals surface area (Å²) in [5.74, 6) is 0. The van der Waals surface area contributed by atoms with Crippen LogP contribution in [0.5, 0.6) is 0 Å². The van der Waals surface area contributed by atoms with Crippen molar-refractivity contribution >= 4 is 43.1 Å². The Morgan fingerprint density at radius 1 is 0.350 bits per heavy atom. The molecule has 0 nitrogen and oxygen atoms in total. The fourth-order valence-electron chi connectivity index (χ4n) is 5.73. The van der Waals surface area contributed by atoms with Gasteiger partial charge in [-0.05, 0) is 82.5 Å². The average molecular weight is 518 g/mol. The predicted molar refractivity (Wildman–Crippen MR) is 173 cm³/mol. The molecular weight excluding hydrogens is 480 g/mol. The van der Waals surface area contributed by atoms with Gasteiger partial charge in [0.1, 0.15) is 0 Å². The third-order valence-electron chi connectivity index (χ3n) is 7.47. The molecule has 0 saturated heterocycles. The van der Waals surface area contributed by atoms with E-state index >= 15 is 0 Å². The first kappa shape index (κ1) is 14.3. The van der Waals surface area contributed by atoms with E-state index in [9.17, 15) is 5.48 Å². The first-order valence-electron chi connectivity index (χ1n) is 18.5. The molecule has 0 amide bonds. The standard InChI is InChI=1S/C40H26/c1-2-13-28(14-3-1)39-35-16-6-8-18-37(35)40(38-19-9-7-17-36(38)39)34-23-11-21-32-31(20-10-22-33(32)34)30-25-24-27-12-4-5-15-29(27)26-30/h1-26H/i2D,6D,7D,8D,9D,13D,14D,16D,17D,18D,19D. The van der Waals surface area contributed by atoms with Crippen LogP contribution in [0.25, 0.3) is 76.5 Å². The molecule has 0 spiro atoms. The highest BCUT2D eigenvalue weighted by Crippen LogP contribution is 2.46. The van der Waals surface area contributed by atoms with Crippen LogP contribution in [0.1, 0.15) is 15.1 Å². The zero-order valence-corrected chi connectivity index (χ0v) is 21.2. The van der Waals surface area contributed by atoms with Crippen molar-refractivity contribution in [3.63, 3.8) is 0 Å². The maximum atomic E-state index is 9.27. The highest BCUT2D eigenvalue weighted by Gasteiger charge is 2.18. The molecule has 40 heavy (non-hydrogen) atoms. The van der Waals surface area contributed by atoms with Crippen molar-refractivity contribution in [1.82, 2.24) is 0 Å². The molecule has 186 valence electrons. The lowest BCUT2D eigenvalue weighted by Crippen LogP contribution is -1.92. The molecule has 8 aromatic rings. The molecule has 8 rings (SSSR count). The molecule has 0 saturated carbocycles. The van der Waals surface area contributed by atoms with Crippen LogP contribution >= 0.6 is 0 Å². The lowest BCUT2D eigenvalue weighted by atomic mass is 9.84. The number of fused-ring (bicyclic) bond motifs is 4. The molecule has 8 aromatic carbocycles. The summed E-state index contributed by atoms with van der Waals surface area (Å²) in [5, 5.41) is 3.45. The zero-order chi connectivity index (χ0) is 36.0. The summed E-state index contributed by atoms with van der Waals surface area (Å²) in [5.41, 5.74) is 2.26. The smallest absolute Gasteiger partial charge is 0.0622 e. The molecule has 0 aliphatic carbocycles. The highest BCUT2D eigenvalue weighted by molar-refractivity contribution is 6.24. The minimum absolute atomic E-state index is 0.00803. The summed E-state index contributed by atoms with van der Waals surface area (Å²) in [6.45, 7) is 0. The second kappa shape index (κ2) is 9.22. The highest BCUT2D eigenvalue weighted by atomic mass is 14.2. The predicted octanol–water partition coefficient (Wildman–Crippen LogP) is 11.3. The van der Waals surface area contributed by atoms with E-state index in [4.69, 9.17) is 9.60 Å². The van der Waals surface area contributed by atoms with Crippen LogP contribution in [-0.2, 0) is 0 Å². The van der Waals surface area contributed by atoms with Gasteiger partial charge >= 0.3 is 0 Å². The van der Waals surface area contributed by atoms with Gasteiger partial charge in [-0.2, -0.15) is 0 Å². The van der Waals surface area contributed by atoms with Gasteiger partial charge in [0.15, 0.2) is 0 Å². The lowest BCUT2D eigenvalue weighted by Gasteiger charge is -2.19. The average Bonchev–Trinajstić information content (AvgIpc) is 3.14. The Labute approximate surface area is 249 Å². The zero-order valence-electron chi connectivity index (χ0n) is 32.2. The Bertz CT molecular complexity index is 2740. The summed E-state index contributed by atoms with van der Waals surface area (Å²) in [7, 11) is 0. The molecule has 0 aromatic heterocycles. The number of hydrogen-bond donors (Lipinski definition) is 0. The Balaban J connectivity index is 1.63. The second-order valence-electron chi connectivity index (χ2n) is 9.64. The number of rotatable bonds is 3. The Kier molecular flexibility index (Phi) is 3.29. The van der Waals surface area contributed by atoms with Gasteiger partial charge in [-0.1, -0.05) is 151 Å². The molecule has 0 heteroatoms. The molecule has 0 fully saturated rings. The summed E-state index contributed by atoms with van der Waals surface area (Å²) < 4.78 is 97.8. The second-order valence-corrected chi connectivity index (χ2v) is 9.64. The van der Waals surface area contributed by atoms with E-state index in [1.54, 1.807) is 6.07 Å². The normalized spacial score (nSPS) is 15.3.